The summed E-state index contributed by atoms with van der Waals surface area (Å²) in [6.07, 6.45) is 0. The van der Waals surface area contributed by atoms with Crippen molar-refractivity contribution in [2.45, 2.75) is 6.04 Å². The van der Waals surface area contributed by atoms with Crippen molar-refractivity contribution in [1.29, 1.82) is 0 Å². The van der Waals surface area contributed by atoms with Crippen LogP contribution < -0.4 is 5.73 Å². The number of nitrogens with two attached hydrogens (primary N) is 1. The summed E-state index contributed by atoms with van der Waals surface area (Å²) in [5.41, 5.74) is 8.31. The van der Waals surface area contributed by atoms with Crippen molar-refractivity contribution < 1.29 is 0 Å². The van der Waals surface area contributed by atoms with Gasteiger partial charge in [-0.3, -0.25) is 0 Å². The van der Waals surface area contributed by atoms with Gasteiger partial charge in [-0.1, -0.05) is 45.7 Å². The number of rotatable bonds is 2. The van der Waals surface area contributed by atoms with Crippen molar-refractivity contribution in [3.8, 4) is 0 Å². The summed E-state index contributed by atoms with van der Waals surface area (Å²) < 4.78 is 2.09. The second-order valence-electron chi connectivity index (χ2n) is 3.70. The van der Waals surface area contributed by atoms with Crippen molar-refractivity contribution in [2.24, 2.45) is 5.73 Å². The van der Waals surface area contributed by atoms with Crippen LogP contribution in [0.2, 0.25) is 5.02 Å². The Kier molecular flexibility index (Phi) is 4.47. The van der Waals surface area contributed by atoms with E-state index in [9.17, 15) is 0 Å². The summed E-state index contributed by atoms with van der Waals surface area (Å²) in [5, 5.41) is 0.746. The number of benzene rings is 2. The van der Waals surface area contributed by atoms with E-state index in [0.29, 0.717) is 0 Å². The molecule has 0 aromatic heterocycles. The SMILES string of the molecule is NC(c1ccc(Br)cc1)c1ccc(I)c(Cl)c1. The summed E-state index contributed by atoms with van der Waals surface area (Å²) in [4.78, 5) is 0. The molecule has 1 nitrogen and oxygen atoms in total. The van der Waals surface area contributed by atoms with Crippen LogP contribution in [0.25, 0.3) is 0 Å². The highest BCUT2D eigenvalue weighted by molar-refractivity contribution is 14.1. The van der Waals surface area contributed by atoms with Gasteiger partial charge in [0.1, 0.15) is 0 Å². The van der Waals surface area contributed by atoms with E-state index in [1.807, 2.05) is 42.5 Å². The number of hydrogen-bond acceptors (Lipinski definition) is 1. The quantitative estimate of drug-likeness (QED) is 0.695. The monoisotopic (exact) mass is 421 g/mol. The van der Waals surface area contributed by atoms with E-state index < -0.39 is 0 Å². The highest BCUT2D eigenvalue weighted by atomic mass is 127. The average Bonchev–Trinajstić information content (AvgIpc) is 2.33. The first-order valence-electron chi connectivity index (χ1n) is 5.04. The van der Waals surface area contributed by atoms with E-state index in [4.69, 9.17) is 17.3 Å². The molecule has 0 heterocycles. The van der Waals surface area contributed by atoms with Crippen LogP contribution in [-0.4, -0.2) is 0 Å². The second-order valence-corrected chi connectivity index (χ2v) is 6.19. The molecule has 17 heavy (non-hydrogen) atoms. The van der Waals surface area contributed by atoms with Gasteiger partial charge in [0.2, 0.25) is 0 Å². The predicted octanol–water partition coefficient (Wildman–Crippen LogP) is 4.76. The van der Waals surface area contributed by atoms with Crippen molar-refractivity contribution in [2.75, 3.05) is 0 Å². The minimum atomic E-state index is -0.141. The van der Waals surface area contributed by atoms with Crippen LogP contribution in [-0.2, 0) is 0 Å². The zero-order chi connectivity index (χ0) is 12.4. The second kappa shape index (κ2) is 5.69. The Morgan fingerprint density at radius 2 is 1.65 bits per heavy atom. The maximum absolute atomic E-state index is 6.21. The van der Waals surface area contributed by atoms with Crippen molar-refractivity contribution in [1.82, 2.24) is 0 Å². The van der Waals surface area contributed by atoms with Gasteiger partial charge >= 0.3 is 0 Å². The molecule has 2 aromatic carbocycles. The Hall–Kier alpha value is -0.100. The molecule has 0 saturated heterocycles. The molecule has 2 N–H and O–H groups in total. The largest absolute Gasteiger partial charge is 0.320 e. The zero-order valence-corrected chi connectivity index (χ0v) is 13.3. The number of hydrogen-bond donors (Lipinski definition) is 1. The predicted molar refractivity (Wildman–Crippen MR) is 84.3 cm³/mol. The maximum Gasteiger partial charge on any atom is 0.0552 e. The fourth-order valence-corrected chi connectivity index (χ4v) is 2.36. The molecule has 0 amide bonds. The highest BCUT2D eigenvalue weighted by Gasteiger charge is 2.10. The molecule has 0 radical (unpaired) electrons. The van der Waals surface area contributed by atoms with Crippen LogP contribution in [0.1, 0.15) is 17.2 Å². The van der Waals surface area contributed by atoms with Crippen molar-refractivity contribution in [3.63, 3.8) is 0 Å². The maximum atomic E-state index is 6.21. The van der Waals surface area contributed by atoms with Crippen molar-refractivity contribution in [3.05, 3.63) is 66.7 Å². The van der Waals surface area contributed by atoms with Gasteiger partial charge in [-0.05, 0) is 58.0 Å². The Morgan fingerprint density at radius 3 is 2.24 bits per heavy atom. The minimum absolute atomic E-state index is 0.141. The fraction of sp³-hybridized carbons (Fsp3) is 0.0769. The van der Waals surface area contributed by atoms with Crippen LogP contribution >= 0.6 is 50.1 Å². The molecule has 2 aromatic rings. The molecular formula is C13H10BrClIN. The normalized spacial score (nSPS) is 12.5. The molecule has 88 valence electrons. The van der Waals surface area contributed by atoms with Crippen LogP contribution in [0.3, 0.4) is 0 Å². The molecule has 0 aliphatic rings. The molecule has 0 aliphatic carbocycles. The lowest BCUT2D eigenvalue weighted by atomic mass is 10.00. The van der Waals surface area contributed by atoms with E-state index in [1.165, 1.54) is 0 Å². The van der Waals surface area contributed by atoms with E-state index in [1.54, 1.807) is 0 Å². The summed E-state index contributed by atoms with van der Waals surface area (Å²) in [6, 6.07) is 13.8. The Bertz CT molecular complexity index is 527. The number of halogens is 3. The molecule has 4 heteroatoms. The van der Waals surface area contributed by atoms with Gasteiger partial charge in [0.15, 0.2) is 0 Å². The third-order valence-corrected chi connectivity index (χ3v) is 4.63. The molecule has 1 unspecified atom stereocenters. The van der Waals surface area contributed by atoms with Gasteiger partial charge in [0.25, 0.3) is 0 Å². The summed E-state index contributed by atoms with van der Waals surface area (Å²) >= 11 is 11.7. The first kappa shape index (κ1) is 13.3. The van der Waals surface area contributed by atoms with Gasteiger partial charge in [-0.2, -0.15) is 0 Å². The summed E-state index contributed by atoms with van der Waals surface area (Å²) in [7, 11) is 0. The van der Waals surface area contributed by atoms with Gasteiger partial charge in [0, 0.05) is 8.04 Å². The van der Waals surface area contributed by atoms with E-state index in [0.717, 1.165) is 24.2 Å². The lowest BCUT2D eigenvalue weighted by Crippen LogP contribution is -2.11. The Morgan fingerprint density at radius 1 is 1.06 bits per heavy atom. The Balaban J connectivity index is 2.33. The van der Waals surface area contributed by atoms with E-state index in [-0.39, 0.29) is 6.04 Å². The molecule has 0 bridgehead atoms. The lowest BCUT2D eigenvalue weighted by Gasteiger charge is -2.13. The van der Waals surface area contributed by atoms with Crippen LogP contribution in [0, 0.1) is 3.57 Å². The highest BCUT2D eigenvalue weighted by Crippen LogP contribution is 2.26. The molecule has 0 aliphatic heterocycles. The molecule has 1 atom stereocenters. The van der Waals surface area contributed by atoms with Gasteiger partial charge < -0.3 is 5.73 Å². The molecule has 0 spiro atoms. The third kappa shape index (κ3) is 3.22. The fourth-order valence-electron chi connectivity index (χ4n) is 1.57. The average molecular weight is 422 g/mol. The van der Waals surface area contributed by atoms with Gasteiger partial charge in [-0.25, -0.2) is 0 Å². The standard InChI is InChI=1S/C13H10BrClIN/c14-10-4-1-8(2-5-10)13(17)9-3-6-12(16)11(15)7-9/h1-7,13H,17H2. The van der Waals surface area contributed by atoms with E-state index in [2.05, 4.69) is 38.5 Å². The first-order chi connectivity index (χ1) is 8.08. The van der Waals surface area contributed by atoms with Crippen LogP contribution in [0.15, 0.2) is 46.9 Å². The molecule has 0 fully saturated rings. The third-order valence-electron chi connectivity index (χ3n) is 2.53. The summed E-state index contributed by atoms with van der Waals surface area (Å²) in [5.74, 6) is 0. The minimum Gasteiger partial charge on any atom is -0.320 e. The van der Waals surface area contributed by atoms with Crippen LogP contribution in [0.4, 0.5) is 0 Å². The Labute approximate surface area is 128 Å². The molecule has 0 saturated carbocycles. The van der Waals surface area contributed by atoms with Crippen molar-refractivity contribution >= 4 is 50.1 Å². The smallest absolute Gasteiger partial charge is 0.0552 e. The van der Waals surface area contributed by atoms with Crippen LogP contribution in [0.5, 0.6) is 0 Å². The first-order valence-corrected chi connectivity index (χ1v) is 7.29. The van der Waals surface area contributed by atoms with Gasteiger partial charge in [-0.15, -0.1) is 0 Å². The molecule has 2 rings (SSSR count). The lowest BCUT2D eigenvalue weighted by molar-refractivity contribution is 0.871. The van der Waals surface area contributed by atoms with Gasteiger partial charge in [0.05, 0.1) is 11.1 Å². The topological polar surface area (TPSA) is 26.0 Å². The summed E-state index contributed by atoms with van der Waals surface area (Å²) in [6.45, 7) is 0. The molecular weight excluding hydrogens is 412 g/mol. The zero-order valence-electron chi connectivity index (χ0n) is 8.83. The van der Waals surface area contributed by atoms with E-state index >= 15 is 0 Å².